The maximum Gasteiger partial charge on any atom is 0.251 e. The Morgan fingerprint density at radius 1 is 1.00 bits per heavy atom. The van der Waals surface area contributed by atoms with E-state index in [1.165, 1.54) is 0 Å². The van der Waals surface area contributed by atoms with E-state index in [1.807, 2.05) is 54.6 Å². The highest BCUT2D eigenvalue weighted by Crippen LogP contribution is 2.19. The van der Waals surface area contributed by atoms with Crippen molar-refractivity contribution in [1.29, 1.82) is 0 Å². The van der Waals surface area contributed by atoms with E-state index in [0.717, 1.165) is 11.1 Å². The predicted octanol–water partition coefficient (Wildman–Crippen LogP) is 2.36. The second-order valence-electron chi connectivity index (χ2n) is 5.46. The third kappa shape index (κ3) is 3.34. The van der Waals surface area contributed by atoms with Gasteiger partial charge in [-0.25, -0.2) is 0 Å². The third-order valence-corrected chi connectivity index (χ3v) is 3.85. The van der Waals surface area contributed by atoms with Crippen molar-refractivity contribution < 1.29 is 9.59 Å². The van der Waals surface area contributed by atoms with Crippen LogP contribution in [0.25, 0.3) is 11.1 Å². The van der Waals surface area contributed by atoms with Crippen LogP contribution >= 0.6 is 0 Å². The SMILES string of the molecule is O=C1CCC(NC(=O)c2ccc(-c3ccccc3)cc2)CN1. The van der Waals surface area contributed by atoms with Gasteiger partial charge in [0.05, 0.1) is 0 Å². The molecular formula is C18H18N2O2. The van der Waals surface area contributed by atoms with Crippen LogP contribution in [0, 0.1) is 0 Å². The van der Waals surface area contributed by atoms with Gasteiger partial charge >= 0.3 is 0 Å². The van der Waals surface area contributed by atoms with Crippen LogP contribution in [0.4, 0.5) is 0 Å². The van der Waals surface area contributed by atoms with Crippen molar-refractivity contribution >= 4 is 11.8 Å². The summed E-state index contributed by atoms with van der Waals surface area (Å²) >= 11 is 0. The molecule has 3 rings (SSSR count). The van der Waals surface area contributed by atoms with Gasteiger partial charge in [-0.3, -0.25) is 9.59 Å². The Bertz CT molecular complexity index is 655. The lowest BCUT2D eigenvalue weighted by Crippen LogP contribution is -2.47. The molecule has 0 aliphatic carbocycles. The van der Waals surface area contributed by atoms with Crippen molar-refractivity contribution in [3.8, 4) is 11.1 Å². The van der Waals surface area contributed by atoms with Crippen molar-refractivity contribution in [3.05, 3.63) is 60.2 Å². The molecule has 0 aromatic heterocycles. The second-order valence-corrected chi connectivity index (χ2v) is 5.46. The Kier molecular flexibility index (Phi) is 4.19. The Hall–Kier alpha value is -2.62. The lowest BCUT2D eigenvalue weighted by Gasteiger charge is -2.23. The first-order valence-corrected chi connectivity index (χ1v) is 7.45. The molecule has 1 heterocycles. The quantitative estimate of drug-likeness (QED) is 0.913. The van der Waals surface area contributed by atoms with Crippen molar-refractivity contribution in [2.24, 2.45) is 0 Å². The fourth-order valence-electron chi connectivity index (χ4n) is 2.57. The van der Waals surface area contributed by atoms with Gasteiger partial charge in [-0.2, -0.15) is 0 Å². The molecule has 22 heavy (non-hydrogen) atoms. The maximum atomic E-state index is 12.2. The van der Waals surface area contributed by atoms with Crippen LogP contribution in [0.2, 0.25) is 0 Å². The molecule has 112 valence electrons. The molecule has 1 fully saturated rings. The van der Waals surface area contributed by atoms with Crippen molar-refractivity contribution in [3.63, 3.8) is 0 Å². The number of hydrogen-bond acceptors (Lipinski definition) is 2. The molecule has 2 aromatic carbocycles. The molecule has 1 atom stereocenters. The normalized spacial score (nSPS) is 17.6. The molecule has 0 bridgehead atoms. The first-order valence-electron chi connectivity index (χ1n) is 7.45. The molecule has 1 aliphatic rings. The van der Waals surface area contributed by atoms with Gasteiger partial charge in [-0.1, -0.05) is 42.5 Å². The molecule has 4 heteroatoms. The predicted molar refractivity (Wildman–Crippen MR) is 85.4 cm³/mol. The van der Waals surface area contributed by atoms with E-state index < -0.39 is 0 Å². The van der Waals surface area contributed by atoms with Crippen molar-refractivity contribution in [2.45, 2.75) is 18.9 Å². The average molecular weight is 294 g/mol. The number of carbonyl (C=O) groups excluding carboxylic acids is 2. The van der Waals surface area contributed by atoms with E-state index in [1.54, 1.807) is 0 Å². The first-order chi connectivity index (χ1) is 10.7. The van der Waals surface area contributed by atoms with Crippen molar-refractivity contribution in [2.75, 3.05) is 6.54 Å². The molecule has 2 amide bonds. The fraction of sp³-hybridized carbons (Fsp3) is 0.222. The number of amides is 2. The van der Waals surface area contributed by atoms with Crippen LogP contribution in [0.1, 0.15) is 23.2 Å². The van der Waals surface area contributed by atoms with Gasteiger partial charge < -0.3 is 10.6 Å². The van der Waals surface area contributed by atoms with E-state index >= 15 is 0 Å². The number of hydrogen-bond donors (Lipinski definition) is 2. The van der Waals surface area contributed by atoms with Crippen LogP contribution in [0.15, 0.2) is 54.6 Å². The zero-order chi connectivity index (χ0) is 15.4. The molecule has 0 radical (unpaired) electrons. The van der Waals surface area contributed by atoms with E-state index in [-0.39, 0.29) is 17.9 Å². The molecule has 2 N–H and O–H groups in total. The van der Waals surface area contributed by atoms with Crippen LogP contribution in [-0.2, 0) is 4.79 Å². The molecule has 0 saturated carbocycles. The van der Waals surface area contributed by atoms with Gasteiger partial charge in [0.1, 0.15) is 0 Å². The highest BCUT2D eigenvalue weighted by Gasteiger charge is 2.20. The van der Waals surface area contributed by atoms with Gasteiger partial charge in [0, 0.05) is 24.6 Å². The Labute approximate surface area is 129 Å². The summed E-state index contributed by atoms with van der Waals surface area (Å²) in [5.74, 6) is -0.0431. The van der Waals surface area contributed by atoms with E-state index in [4.69, 9.17) is 0 Å². The molecule has 1 aliphatic heterocycles. The zero-order valence-electron chi connectivity index (χ0n) is 12.2. The number of piperidine rings is 1. The Balaban J connectivity index is 1.65. The largest absolute Gasteiger partial charge is 0.354 e. The first kappa shape index (κ1) is 14.3. The van der Waals surface area contributed by atoms with Gasteiger partial charge in [0.2, 0.25) is 5.91 Å². The van der Waals surface area contributed by atoms with E-state index in [9.17, 15) is 9.59 Å². The Morgan fingerprint density at radius 2 is 1.68 bits per heavy atom. The van der Waals surface area contributed by atoms with E-state index in [2.05, 4.69) is 10.6 Å². The fourth-order valence-corrected chi connectivity index (χ4v) is 2.57. The molecule has 4 nitrogen and oxygen atoms in total. The van der Waals surface area contributed by atoms with Crippen LogP contribution in [0.5, 0.6) is 0 Å². The molecule has 0 spiro atoms. The molecule has 1 unspecified atom stereocenters. The van der Waals surface area contributed by atoms with Gasteiger partial charge in [-0.15, -0.1) is 0 Å². The van der Waals surface area contributed by atoms with Crippen LogP contribution in [0.3, 0.4) is 0 Å². The highest BCUT2D eigenvalue weighted by molar-refractivity contribution is 5.95. The Morgan fingerprint density at radius 3 is 2.32 bits per heavy atom. The van der Waals surface area contributed by atoms with Crippen LogP contribution < -0.4 is 10.6 Å². The highest BCUT2D eigenvalue weighted by atomic mass is 16.2. The lowest BCUT2D eigenvalue weighted by atomic mass is 10.0. The third-order valence-electron chi connectivity index (χ3n) is 3.85. The minimum Gasteiger partial charge on any atom is -0.354 e. The minimum atomic E-state index is -0.0965. The summed E-state index contributed by atoms with van der Waals surface area (Å²) in [6, 6.07) is 17.6. The van der Waals surface area contributed by atoms with E-state index in [0.29, 0.717) is 24.9 Å². The van der Waals surface area contributed by atoms with Gasteiger partial charge in [-0.05, 0) is 29.7 Å². The standard InChI is InChI=1S/C18H18N2O2/c21-17-11-10-16(12-19-17)20-18(22)15-8-6-14(7-9-15)13-4-2-1-3-5-13/h1-9,16H,10-12H2,(H,19,21)(H,20,22). The van der Waals surface area contributed by atoms with Crippen LogP contribution in [-0.4, -0.2) is 24.4 Å². The number of benzene rings is 2. The summed E-state index contributed by atoms with van der Waals surface area (Å²) in [4.78, 5) is 23.3. The summed E-state index contributed by atoms with van der Waals surface area (Å²) in [5, 5.41) is 5.73. The van der Waals surface area contributed by atoms with Gasteiger partial charge in [0.15, 0.2) is 0 Å². The summed E-state index contributed by atoms with van der Waals surface area (Å²) in [5.41, 5.74) is 2.85. The monoisotopic (exact) mass is 294 g/mol. The lowest BCUT2D eigenvalue weighted by molar-refractivity contribution is -0.122. The molecule has 1 saturated heterocycles. The number of rotatable bonds is 3. The smallest absolute Gasteiger partial charge is 0.251 e. The maximum absolute atomic E-state index is 12.2. The average Bonchev–Trinajstić information content (AvgIpc) is 2.58. The molecular weight excluding hydrogens is 276 g/mol. The van der Waals surface area contributed by atoms with Gasteiger partial charge in [0.25, 0.3) is 5.91 Å². The minimum absolute atomic E-state index is 0.0130. The summed E-state index contributed by atoms with van der Waals surface area (Å²) < 4.78 is 0. The molecule has 2 aromatic rings. The van der Waals surface area contributed by atoms with Crippen molar-refractivity contribution in [1.82, 2.24) is 10.6 Å². The second kappa shape index (κ2) is 6.43. The summed E-state index contributed by atoms with van der Waals surface area (Å²) in [6.07, 6.45) is 1.16. The number of carbonyl (C=O) groups is 2. The topological polar surface area (TPSA) is 58.2 Å². The number of nitrogens with one attached hydrogen (secondary N) is 2. The summed E-state index contributed by atoms with van der Waals surface area (Å²) in [6.45, 7) is 0.507. The zero-order valence-corrected chi connectivity index (χ0v) is 12.2. The summed E-state index contributed by atoms with van der Waals surface area (Å²) in [7, 11) is 0.